The van der Waals surface area contributed by atoms with Gasteiger partial charge in [-0.2, -0.15) is 0 Å². The Hall–Kier alpha value is -0.460. The first kappa shape index (κ1) is 12.0. The van der Waals surface area contributed by atoms with Gasteiger partial charge < -0.3 is 4.55 Å². The molecular formula is C8H3Cl3N2O2S. The Morgan fingerprint density at radius 1 is 1.19 bits per heavy atom. The molecule has 1 aromatic carbocycles. The van der Waals surface area contributed by atoms with Crippen LogP contribution in [0.2, 0.25) is 15.5 Å². The summed E-state index contributed by atoms with van der Waals surface area (Å²) >= 11 is 15.1. The number of fused-ring (bicyclic) bond motifs is 1. The molecule has 1 N–H and O–H groups in total. The van der Waals surface area contributed by atoms with E-state index in [9.17, 15) is 4.21 Å². The van der Waals surface area contributed by atoms with E-state index in [0.717, 1.165) is 0 Å². The fraction of sp³-hybridized carbons (Fsp3) is 0. The van der Waals surface area contributed by atoms with E-state index in [1.807, 2.05) is 0 Å². The van der Waals surface area contributed by atoms with Gasteiger partial charge in [-0.05, 0) is 23.7 Å². The summed E-state index contributed by atoms with van der Waals surface area (Å²) in [5.41, 5.74) is 0.367. The van der Waals surface area contributed by atoms with Crippen LogP contribution >= 0.6 is 34.8 Å². The maximum atomic E-state index is 11.0. The van der Waals surface area contributed by atoms with Crippen LogP contribution in [0.1, 0.15) is 0 Å². The van der Waals surface area contributed by atoms with E-state index in [1.165, 1.54) is 12.1 Å². The molecule has 1 unspecified atom stereocenters. The minimum absolute atomic E-state index is 0.0329. The summed E-state index contributed by atoms with van der Waals surface area (Å²) in [5, 5.41) is 0.716. The summed E-state index contributed by atoms with van der Waals surface area (Å²) in [6.07, 6.45) is 0. The van der Waals surface area contributed by atoms with Gasteiger partial charge in [-0.15, -0.1) is 0 Å². The smallest absolute Gasteiger partial charge is 0.224 e. The lowest BCUT2D eigenvalue weighted by atomic mass is 10.2. The normalized spacial score (nSPS) is 13.0. The van der Waals surface area contributed by atoms with Gasteiger partial charge in [0.25, 0.3) is 0 Å². The van der Waals surface area contributed by atoms with Gasteiger partial charge in [0.2, 0.25) is 5.28 Å². The molecule has 2 aromatic rings. The maximum Gasteiger partial charge on any atom is 0.224 e. The molecule has 0 saturated carbocycles. The van der Waals surface area contributed by atoms with Crippen LogP contribution in [-0.4, -0.2) is 18.7 Å². The zero-order chi connectivity index (χ0) is 11.9. The van der Waals surface area contributed by atoms with Crippen LogP contribution in [0.4, 0.5) is 0 Å². The van der Waals surface area contributed by atoms with E-state index in [2.05, 4.69) is 9.97 Å². The lowest BCUT2D eigenvalue weighted by molar-refractivity contribution is 0.564. The first-order valence-corrected chi connectivity index (χ1v) is 6.16. The molecule has 1 heterocycles. The van der Waals surface area contributed by atoms with Gasteiger partial charge in [0.1, 0.15) is 5.15 Å². The van der Waals surface area contributed by atoms with Crippen molar-refractivity contribution in [3.05, 3.63) is 27.6 Å². The minimum atomic E-state index is -2.19. The van der Waals surface area contributed by atoms with Gasteiger partial charge in [0, 0.05) is 5.39 Å². The predicted molar refractivity (Wildman–Crippen MR) is 63.6 cm³/mol. The molecule has 0 fully saturated rings. The highest BCUT2D eigenvalue weighted by atomic mass is 35.5. The summed E-state index contributed by atoms with van der Waals surface area (Å²) < 4.78 is 19.9. The van der Waals surface area contributed by atoms with E-state index in [4.69, 9.17) is 39.4 Å². The molecule has 4 nitrogen and oxygen atoms in total. The van der Waals surface area contributed by atoms with Gasteiger partial charge in [-0.25, -0.2) is 14.2 Å². The van der Waals surface area contributed by atoms with Crippen molar-refractivity contribution in [2.45, 2.75) is 4.90 Å². The minimum Gasteiger partial charge on any atom is -0.302 e. The second kappa shape index (κ2) is 4.43. The summed E-state index contributed by atoms with van der Waals surface area (Å²) in [6.45, 7) is 0. The summed E-state index contributed by atoms with van der Waals surface area (Å²) in [5.74, 6) is 0. The topological polar surface area (TPSA) is 63.1 Å². The van der Waals surface area contributed by atoms with Gasteiger partial charge in [0.15, 0.2) is 11.1 Å². The van der Waals surface area contributed by atoms with Crippen molar-refractivity contribution in [2.75, 3.05) is 0 Å². The molecule has 84 valence electrons. The number of benzene rings is 1. The van der Waals surface area contributed by atoms with Crippen molar-refractivity contribution in [1.82, 2.24) is 9.97 Å². The van der Waals surface area contributed by atoms with Crippen LogP contribution in [0.15, 0.2) is 17.0 Å². The average Bonchev–Trinajstić information content (AvgIpc) is 2.18. The van der Waals surface area contributed by atoms with Crippen molar-refractivity contribution >= 4 is 56.8 Å². The van der Waals surface area contributed by atoms with E-state index in [1.54, 1.807) is 0 Å². The maximum absolute atomic E-state index is 11.0. The lowest BCUT2D eigenvalue weighted by Gasteiger charge is -2.04. The number of hydrogen-bond donors (Lipinski definition) is 1. The number of nitrogens with zero attached hydrogens (tertiary/aromatic N) is 2. The van der Waals surface area contributed by atoms with E-state index in [0.29, 0.717) is 10.9 Å². The fourth-order valence-electron chi connectivity index (χ4n) is 1.20. The molecule has 8 heteroatoms. The molecular weight excluding hydrogens is 295 g/mol. The molecule has 1 atom stereocenters. The van der Waals surface area contributed by atoms with Crippen molar-refractivity contribution in [3.8, 4) is 0 Å². The van der Waals surface area contributed by atoms with E-state index >= 15 is 0 Å². The Morgan fingerprint density at radius 2 is 1.88 bits per heavy atom. The highest BCUT2D eigenvalue weighted by molar-refractivity contribution is 7.79. The molecule has 0 bridgehead atoms. The third-order valence-electron chi connectivity index (χ3n) is 1.86. The Labute approximate surface area is 108 Å². The van der Waals surface area contributed by atoms with Gasteiger partial charge in [-0.3, -0.25) is 0 Å². The summed E-state index contributed by atoms with van der Waals surface area (Å²) in [7, 11) is 0. The molecule has 1 aromatic heterocycles. The zero-order valence-corrected chi connectivity index (χ0v) is 10.5. The highest BCUT2D eigenvalue weighted by Crippen LogP contribution is 2.29. The monoisotopic (exact) mass is 296 g/mol. The quantitative estimate of drug-likeness (QED) is 0.499. The van der Waals surface area contributed by atoms with E-state index < -0.39 is 11.1 Å². The molecule has 0 spiro atoms. The van der Waals surface area contributed by atoms with Crippen molar-refractivity contribution in [1.29, 1.82) is 0 Å². The lowest BCUT2D eigenvalue weighted by Crippen LogP contribution is -1.93. The van der Waals surface area contributed by atoms with Crippen LogP contribution in [0, 0.1) is 0 Å². The molecule has 2 rings (SSSR count). The summed E-state index contributed by atoms with van der Waals surface area (Å²) in [6, 6.07) is 2.78. The third kappa shape index (κ3) is 2.14. The van der Waals surface area contributed by atoms with Crippen LogP contribution in [0.5, 0.6) is 0 Å². The van der Waals surface area contributed by atoms with Crippen LogP contribution in [-0.2, 0) is 11.1 Å². The second-order valence-electron chi connectivity index (χ2n) is 2.83. The van der Waals surface area contributed by atoms with Crippen LogP contribution < -0.4 is 0 Å². The van der Waals surface area contributed by atoms with Crippen molar-refractivity contribution in [3.63, 3.8) is 0 Å². The average molecular weight is 298 g/mol. The Kier molecular flexibility index (Phi) is 3.32. The second-order valence-corrected chi connectivity index (χ2v) is 4.87. The zero-order valence-electron chi connectivity index (χ0n) is 7.45. The number of halogens is 3. The molecule has 16 heavy (non-hydrogen) atoms. The molecule has 0 amide bonds. The first-order chi connectivity index (χ1) is 7.49. The number of rotatable bonds is 1. The van der Waals surface area contributed by atoms with Crippen LogP contribution in [0.3, 0.4) is 0 Å². The molecule has 0 aliphatic rings. The van der Waals surface area contributed by atoms with Crippen LogP contribution in [0.25, 0.3) is 10.9 Å². The standard InChI is InChI=1S/C8H3Cl3N2O2S/c9-4-1-3-5(2-6(4)16(14)15)12-8(11)13-7(3)10/h1-2H,(H,14,15). The molecule has 0 radical (unpaired) electrons. The first-order valence-electron chi connectivity index (χ1n) is 3.92. The Bertz CT molecular complexity index is 605. The molecule has 0 aliphatic heterocycles. The van der Waals surface area contributed by atoms with Gasteiger partial charge >= 0.3 is 0 Å². The molecule has 0 saturated heterocycles. The third-order valence-corrected chi connectivity index (χ3v) is 3.46. The van der Waals surface area contributed by atoms with Gasteiger partial charge in [0.05, 0.1) is 15.4 Å². The van der Waals surface area contributed by atoms with Gasteiger partial charge in [-0.1, -0.05) is 23.2 Å². The Balaban J connectivity index is 2.84. The van der Waals surface area contributed by atoms with Crippen molar-refractivity contribution < 1.29 is 8.76 Å². The van der Waals surface area contributed by atoms with E-state index in [-0.39, 0.29) is 20.4 Å². The number of hydrogen-bond acceptors (Lipinski definition) is 3. The highest BCUT2D eigenvalue weighted by Gasteiger charge is 2.12. The van der Waals surface area contributed by atoms with Crippen molar-refractivity contribution in [2.24, 2.45) is 0 Å². The number of aromatic nitrogens is 2. The fourth-order valence-corrected chi connectivity index (χ4v) is 2.45. The predicted octanol–water partition coefficient (Wildman–Crippen LogP) is 3.17. The molecule has 0 aliphatic carbocycles. The SMILES string of the molecule is O=S(O)c1cc2nc(Cl)nc(Cl)c2cc1Cl. The largest absolute Gasteiger partial charge is 0.302 e. The summed E-state index contributed by atoms with van der Waals surface area (Å²) in [4.78, 5) is 7.68. The Morgan fingerprint density at radius 3 is 2.50 bits per heavy atom.